The van der Waals surface area contributed by atoms with Gasteiger partial charge in [0.1, 0.15) is 5.58 Å². The summed E-state index contributed by atoms with van der Waals surface area (Å²) in [6, 6.07) is 67.4. The molecule has 0 saturated heterocycles. The highest BCUT2D eigenvalue weighted by atomic mass is 16.3. The van der Waals surface area contributed by atoms with Crippen LogP contribution in [-0.2, 0) is 0 Å². The van der Waals surface area contributed by atoms with Gasteiger partial charge in [0, 0.05) is 38.7 Å². The van der Waals surface area contributed by atoms with E-state index in [1.54, 1.807) is 0 Å². The molecule has 0 aliphatic carbocycles. The second-order valence-electron chi connectivity index (χ2n) is 14.0. The molecule has 11 aromatic rings. The molecule has 0 N–H and O–H groups in total. The van der Waals surface area contributed by atoms with Gasteiger partial charge in [-0.1, -0.05) is 146 Å². The van der Waals surface area contributed by atoms with Gasteiger partial charge in [0.25, 0.3) is 0 Å². The van der Waals surface area contributed by atoms with Crippen molar-refractivity contribution in [2.24, 2.45) is 0 Å². The fourth-order valence-electron chi connectivity index (χ4n) is 7.94. The molecular weight excluding hydrogens is 685 g/mol. The van der Waals surface area contributed by atoms with E-state index >= 15 is 0 Å². The number of para-hydroxylation sites is 3. The third-order valence-electron chi connectivity index (χ3n) is 10.6. The molecule has 0 radical (unpaired) electrons. The molecule has 0 unspecified atom stereocenters. The van der Waals surface area contributed by atoms with Crippen molar-refractivity contribution in [1.82, 2.24) is 15.0 Å². The van der Waals surface area contributed by atoms with E-state index in [4.69, 9.17) is 19.4 Å². The highest BCUT2D eigenvalue weighted by molar-refractivity contribution is 6.20. The van der Waals surface area contributed by atoms with E-state index in [1.807, 2.05) is 12.1 Å². The van der Waals surface area contributed by atoms with Gasteiger partial charge in [0.2, 0.25) is 0 Å². The summed E-state index contributed by atoms with van der Waals surface area (Å²) in [5, 5.41) is 8.80. The lowest BCUT2D eigenvalue weighted by Crippen LogP contribution is -2.10. The summed E-state index contributed by atoms with van der Waals surface area (Å²) in [5.74, 6) is 1.75. The van der Waals surface area contributed by atoms with Crippen molar-refractivity contribution >= 4 is 71.3 Å². The van der Waals surface area contributed by atoms with Crippen LogP contribution in [0.15, 0.2) is 199 Å². The van der Waals surface area contributed by atoms with Crippen LogP contribution in [-0.4, -0.2) is 15.0 Å². The summed E-state index contributed by atoms with van der Waals surface area (Å²) in [4.78, 5) is 17.8. The second-order valence-corrected chi connectivity index (χ2v) is 14.0. The fourth-order valence-corrected chi connectivity index (χ4v) is 7.94. The van der Waals surface area contributed by atoms with Crippen LogP contribution >= 0.6 is 0 Å². The van der Waals surface area contributed by atoms with E-state index in [9.17, 15) is 0 Å². The van der Waals surface area contributed by atoms with Gasteiger partial charge in [-0.2, -0.15) is 0 Å². The van der Waals surface area contributed by atoms with Gasteiger partial charge in [-0.05, 0) is 75.5 Å². The van der Waals surface area contributed by atoms with Crippen molar-refractivity contribution in [3.8, 4) is 34.2 Å². The molecule has 2 aromatic heterocycles. The molecule has 0 aliphatic rings. The monoisotopic (exact) mass is 716 g/mol. The minimum atomic E-state index is 0.546. The normalized spacial score (nSPS) is 11.6. The molecule has 9 aromatic carbocycles. The maximum Gasteiger partial charge on any atom is 0.167 e. The molecule has 0 aliphatic heterocycles. The molecule has 11 rings (SSSR count). The van der Waals surface area contributed by atoms with E-state index in [0.717, 1.165) is 88.0 Å². The summed E-state index contributed by atoms with van der Waals surface area (Å²) >= 11 is 0. The summed E-state index contributed by atoms with van der Waals surface area (Å²) in [6.07, 6.45) is 0. The molecule has 0 amide bonds. The Labute approximate surface area is 322 Å². The van der Waals surface area contributed by atoms with Gasteiger partial charge < -0.3 is 9.32 Å². The lowest BCUT2D eigenvalue weighted by atomic mass is 10.0. The Morgan fingerprint density at radius 1 is 0.339 bits per heavy atom. The predicted molar refractivity (Wildman–Crippen MR) is 231 cm³/mol. The Morgan fingerprint density at radius 2 is 0.839 bits per heavy atom. The first-order valence-electron chi connectivity index (χ1n) is 18.8. The van der Waals surface area contributed by atoms with E-state index < -0.39 is 0 Å². The molecule has 0 atom stereocenters. The van der Waals surface area contributed by atoms with Crippen LogP contribution in [0.3, 0.4) is 0 Å². The Kier molecular flexibility index (Phi) is 7.42. The smallest absolute Gasteiger partial charge is 0.167 e. The third kappa shape index (κ3) is 5.37. The molecule has 0 bridgehead atoms. The van der Waals surface area contributed by atoms with Gasteiger partial charge in [0.15, 0.2) is 23.1 Å². The Bertz CT molecular complexity index is 3130. The Hall–Kier alpha value is -7.63. The zero-order valence-corrected chi connectivity index (χ0v) is 30.2. The number of hydrogen-bond acceptors (Lipinski definition) is 5. The van der Waals surface area contributed by atoms with Crippen LogP contribution < -0.4 is 4.90 Å². The summed E-state index contributed by atoms with van der Waals surface area (Å²) < 4.78 is 7.17. The number of furan rings is 1. The zero-order valence-electron chi connectivity index (χ0n) is 30.2. The summed E-state index contributed by atoms with van der Waals surface area (Å²) in [6.45, 7) is 0. The van der Waals surface area contributed by atoms with Gasteiger partial charge in [-0.25, -0.2) is 15.0 Å². The molecule has 0 saturated carbocycles. The van der Waals surface area contributed by atoms with Crippen molar-refractivity contribution < 1.29 is 4.42 Å². The molecule has 56 heavy (non-hydrogen) atoms. The van der Waals surface area contributed by atoms with Crippen LogP contribution in [0.4, 0.5) is 17.1 Å². The second kappa shape index (κ2) is 13.0. The average Bonchev–Trinajstić information content (AvgIpc) is 3.65. The number of hydrogen-bond donors (Lipinski definition) is 0. The van der Waals surface area contributed by atoms with Crippen molar-refractivity contribution in [2.75, 3.05) is 4.90 Å². The lowest BCUT2D eigenvalue weighted by molar-refractivity contribution is 0.670. The highest BCUT2D eigenvalue weighted by Crippen LogP contribution is 2.47. The minimum absolute atomic E-state index is 0.546. The van der Waals surface area contributed by atoms with Crippen LogP contribution in [0.2, 0.25) is 0 Å². The third-order valence-corrected chi connectivity index (χ3v) is 10.6. The SMILES string of the molecule is c1ccc(N(c2ccccc2)c2c3ccccc3cc3c2oc2c(-c4nc(-c5ccc6ccccc6c5)nc(-c5ccc6ccccc6c5)n4)cccc23)cc1. The number of nitrogens with zero attached hydrogens (tertiary/aromatic N) is 4. The molecule has 0 spiro atoms. The minimum Gasteiger partial charge on any atom is -0.453 e. The zero-order chi connectivity index (χ0) is 37.0. The standard InChI is InChI=1S/C51H32N4O/c1-3-19-40(20-4-1)55(41-21-5-2-6-22-41)46-42-23-12-11-18-37(42)32-45-43-24-13-25-44(47(43)56-48(45)46)51-53-49(38-28-26-33-14-7-9-16-35(33)30-38)52-50(54-51)39-29-27-34-15-8-10-17-36(34)31-39/h1-32H. The number of fused-ring (bicyclic) bond motifs is 6. The van der Waals surface area contributed by atoms with E-state index in [1.165, 1.54) is 0 Å². The van der Waals surface area contributed by atoms with Gasteiger partial charge in [0.05, 0.1) is 11.3 Å². The van der Waals surface area contributed by atoms with Crippen LogP contribution in [0, 0.1) is 0 Å². The van der Waals surface area contributed by atoms with Gasteiger partial charge in [-0.3, -0.25) is 0 Å². The molecule has 2 heterocycles. The molecule has 0 fully saturated rings. The predicted octanol–water partition coefficient (Wildman–Crippen LogP) is 13.7. The van der Waals surface area contributed by atoms with Gasteiger partial charge in [-0.15, -0.1) is 0 Å². The number of aromatic nitrogens is 3. The topological polar surface area (TPSA) is 55.1 Å². The molecular formula is C51H32N4O. The lowest BCUT2D eigenvalue weighted by Gasteiger charge is -2.26. The number of rotatable bonds is 6. The van der Waals surface area contributed by atoms with E-state index in [2.05, 4.69) is 187 Å². The van der Waals surface area contributed by atoms with Crippen molar-refractivity contribution in [3.63, 3.8) is 0 Å². The number of anilines is 3. The van der Waals surface area contributed by atoms with Crippen LogP contribution in [0.25, 0.3) is 88.4 Å². The van der Waals surface area contributed by atoms with E-state index in [-0.39, 0.29) is 0 Å². The first-order valence-corrected chi connectivity index (χ1v) is 18.8. The van der Waals surface area contributed by atoms with Crippen molar-refractivity contribution in [2.45, 2.75) is 0 Å². The molecule has 5 heteroatoms. The summed E-state index contributed by atoms with van der Waals surface area (Å²) in [7, 11) is 0. The van der Waals surface area contributed by atoms with Crippen LogP contribution in [0.5, 0.6) is 0 Å². The fraction of sp³-hybridized carbons (Fsp3) is 0. The quantitative estimate of drug-likeness (QED) is 0.171. The molecule has 262 valence electrons. The van der Waals surface area contributed by atoms with E-state index in [0.29, 0.717) is 17.5 Å². The number of benzene rings is 9. The maximum absolute atomic E-state index is 7.17. The first kappa shape index (κ1) is 31.9. The maximum atomic E-state index is 7.17. The first-order chi connectivity index (χ1) is 27.7. The Balaban J connectivity index is 1.18. The average molecular weight is 717 g/mol. The van der Waals surface area contributed by atoms with Crippen molar-refractivity contribution in [1.29, 1.82) is 0 Å². The largest absolute Gasteiger partial charge is 0.453 e. The summed E-state index contributed by atoms with van der Waals surface area (Å²) in [5.41, 5.74) is 7.19. The van der Waals surface area contributed by atoms with Crippen molar-refractivity contribution in [3.05, 3.63) is 194 Å². The van der Waals surface area contributed by atoms with Gasteiger partial charge >= 0.3 is 0 Å². The Morgan fingerprint density at radius 3 is 1.45 bits per heavy atom. The highest BCUT2D eigenvalue weighted by Gasteiger charge is 2.24. The molecule has 5 nitrogen and oxygen atoms in total. The van der Waals surface area contributed by atoms with Crippen LogP contribution in [0.1, 0.15) is 0 Å².